The highest BCUT2D eigenvalue weighted by molar-refractivity contribution is 9.10. The molecule has 0 saturated heterocycles. The molecule has 6 heteroatoms. The minimum atomic E-state index is 0.000171. The molecule has 0 aliphatic carbocycles. The van der Waals surface area contributed by atoms with Crippen molar-refractivity contribution < 1.29 is 14.3 Å². The summed E-state index contributed by atoms with van der Waals surface area (Å²) in [5.74, 6) is 1.34. The first-order valence-electron chi connectivity index (χ1n) is 7.31. The maximum absolute atomic E-state index is 11.8. The van der Waals surface area contributed by atoms with Gasteiger partial charge in [0.15, 0.2) is 0 Å². The fourth-order valence-electron chi connectivity index (χ4n) is 1.91. The molecule has 122 valence electrons. The third-order valence-corrected chi connectivity index (χ3v) is 3.66. The van der Waals surface area contributed by atoms with Crippen LogP contribution in [0.5, 0.6) is 11.6 Å². The van der Waals surface area contributed by atoms with Gasteiger partial charge < -0.3 is 14.8 Å². The first-order valence-corrected chi connectivity index (χ1v) is 8.10. The van der Waals surface area contributed by atoms with Crippen LogP contribution in [-0.4, -0.2) is 24.6 Å². The molecular formula is C17H19BrN2O3. The van der Waals surface area contributed by atoms with Gasteiger partial charge in [-0.15, -0.1) is 0 Å². The van der Waals surface area contributed by atoms with Crippen LogP contribution in [0.25, 0.3) is 0 Å². The van der Waals surface area contributed by atoms with E-state index in [-0.39, 0.29) is 5.91 Å². The average Bonchev–Trinajstić information content (AvgIpc) is 2.58. The standard InChI is InChI=1S/C17H19BrN2O3/c1-22-17-11-13(8-9-19-17)12-20-16(21)3-2-10-23-15-6-4-14(18)5-7-15/h4-9,11H,2-3,10,12H2,1H3,(H,20,21). The Morgan fingerprint density at radius 2 is 2.04 bits per heavy atom. The molecule has 0 fully saturated rings. The predicted octanol–water partition coefficient (Wildman–Crippen LogP) is 3.33. The van der Waals surface area contributed by atoms with Crippen LogP contribution in [0, 0.1) is 0 Å². The highest BCUT2D eigenvalue weighted by atomic mass is 79.9. The number of nitrogens with zero attached hydrogens (tertiary/aromatic N) is 1. The Hall–Kier alpha value is -2.08. The number of halogens is 1. The van der Waals surface area contributed by atoms with Crippen molar-refractivity contribution in [2.45, 2.75) is 19.4 Å². The van der Waals surface area contributed by atoms with Crippen molar-refractivity contribution in [1.29, 1.82) is 0 Å². The zero-order valence-electron chi connectivity index (χ0n) is 12.9. The van der Waals surface area contributed by atoms with E-state index in [4.69, 9.17) is 9.47 Å². The van der Waals surface area contributed by atoms with Gasteiger partial charge in [0, 0.05) is 29.7 Å². The number of hydrogen-bond acceptors (Lipinski definition) is 4. The number of hydrogen-bond donors (Lipinski definition) is 1. The second-order valence-corrected chi connectivity index (χ2v) is 5.80. The maximum Gasteiger partial charge on any atom is 0.220 e. The molecule has 0 saturated carbocycles. The van der Waals surface area contributed by atoms with Gasteiger partial charge in [-0.2, -0.15) is 0 Å². The molecule has 23 heavy (non-hydrogen) atoms. The van der Waals surface area contributed by atoms with Crippen molar-refractivity contribution in [3.63, 3.8) is 0 Å². The largest absolute Gasteiger partial charge is 0.494 e. The summed E-state index contributed by atoms with van der Waals surface area (Å²) in [7, 11) is 1.57. The van der Waals surface area contributed by atoms with E-state index in [9.17, 15) is 4.79 Å². The SMILES string of the molecule is COc1cc(CNC(=O)CCCOc2ccc(Br)cc2)ccn1. The number of ether oxygens (including phenoxy) is 2. The van der Waals surface area contributed by atoms with Crippen LogP contribution in [0.1, 0.15) is 18.4 Å². The van der Waals surface area contributed by atoms with Crippen LogP contribution in [0.2, 0.25) is 0 Å². The number of methoxy groups -OCH3 is 1. The van der Waals surface area contributed by atoms with Gasteiger partial charge in [0.05, 0.1) is 13.7 Å². The second-order valence-electron chi connectivity index (χ2n) is 4.89. The van der Waals surface area contributed by atoms with Crippen LogP contribution in [0.4, 0.5) is 0 Å². The fraction of sp³-hybridized carbons (Fsp3) is 0.294. The van der Waals surface area contributed by atoms with Gasteiger partial charge in [-0.3, -0.25) is 4.79 Å². The van der Waals surface area contributed by atoms with Gasteiger partial charge in [0.25, 0.3) is 0 Å². The first kappa shape index (κ1) is 17.3. The molecule has 1 heterocycles. The Bertz CT molecular complexity index is 632. The summed E-state index contributed by atoms with van der Waals surface area (Å²) in [5, 5.41) is 2.87. The van der Waals surface area contributed by atoms with Gasteiger partial charge in [-0.25, -0.2) is 4.98 Å². The summed E-state index contributed by atoms with van der Waals surface area (Å²) in [4.78, 5) is 15.8. The third kappa shape index (κ3) is 6.28. The molecule has 0 spiro atoms. The summed E-state index contributed by atoms with van der Waals surface area (Å²) in [6.45, 7) is 0.976. The molecule has 2 aromatic rings. The van der Waals surface area contributed by atoms with Crippen LogP contribution in [-0.2, 0) is 11.3 Å². The van der Waals surface area contributed by atoms with Crippen LogP contribution >= 0.6 is 15.9 Å². The number of pyridine rings is 1. The number of amides is 1. The number of nitrogens with one attached hydrogen (secondary N) is 1. The Kier molecular flexibility index (Phi) is 6.87. The molecule has 0 bridgehead atoms. The van der Waals surface area contributed by atoms with E-state index in [0.29, 0.717) is 31.9 Å². The minimum Gasteiger partial charge on any atom is -0.494 e. The second kappa shape index (κ2) is 9.15. The number of rotatable bonds is 8. The van der Waals surface area contributed by atoms with Crippen molar-refractivity contribution in [2.24, 2.45) is 0 Å². The van der Waals surface area contributed by atoms with E-state index in [1.165, 1.54) is 0 Å². The quantitative estimate of drug-likeness (QED) is 0.715. The molecule has 0 unspecified atom stereocenters. The zero-order valence-corrected chi connectivity index (χ0v) is 14.5. The smallest absolute Gasteiger partial charge is 0.220 e. The average molecular weight is 379 g/mol. The van der Waals surface area contributed by atoms with Crippen LogP contribution < -0.4 is 14.8 Å². The van der Waals surface area contributed by atoms with Gasteiger partial charge >= 0.3 is 0 Å². The van der Waals surface area contributed by atoms with Gasteiger partial charge in [0.1, 0.15) is 5.75 Å². The molecule has 1 aromatic carbocycles. The Labute approximate surface area is 144 Å². The zero-order chi connectivity index (χ0) is 16.5. The molecule has 1 amide bonds. The maximum atomic E-state index is 11.8. The molecule has 0 aliphatic heterocycles. The molecule has 0 atom stereocenters. The van der Waals surface area contributed by atoms with Crippen LogP contribution in [0.15, 0.2) is 47.1 Å². The topological polar surface area (TPSA) is 60.5 Å². The third-order valence-electron chi connectivity index (χ3n) is 3.13. The molecule has 1 aromatic heterocycles. The minimum absolute atomic E-state index is 0.000171. The summed E-state index contributed by atoms with van der Waals surface area (Å²) >= 11 is 3.37. The number of carbonyl (C=O) groups is 1. The highest BCUT2D eigenvalue weighted by Gasteiger charge is 2.03. The van der Waals surface area contributed by atoms with Gasteiger partial charge in [-0.1, -0.05) is 15.9 Å². The lowest BCUT2D eigenvalue weighted by atomic mass is 10.2. The summed E-state index contributed by atoms with van der Waals surface area (Å²) in [6.07, 6.45) is 2.76. The molecular weight excluding hydrogens is 360 g/mol. The first-order chi connectivity index (χ1) is 11.2. The lowest BCUT2D eigenvalue weighted by Gasteiger charge is -2.08. The van der Waals surface area contributed by atoms with Crippen molar-refractivity contribution in [1.82, 2.24) is 10.3 Å². The number of carbonyl (C=O) groups excluding carboxylic acids is 1. The van der Waals surface area contributed by atoms with E-state index >= 15 is 0 Å². The lowest BCUT2D eigenvalue weighted by molar-refractivity contribution is -0.121. The predicted molar refractivity (Wildman–Crippen MR) is 91.5 cm³/mol. The van der Waals surface area contributed by atoms with E-state index < -0.39 is 0 Å². The molecule has 1 N–H and O–H groups in total. The Morgan fingerprint density at radius 3 is 2.78 bits per heavy atom. The van der Waals surface area contributed by atoms with Crippen LogP contribution in [0.3, 0.4) is 0 Å². The molecule has 0 aliphatic rings. The lowest BCUT2D eigenvalue weighted by Crippen LogP contribution is -2.23. The van der Waals surface area contributed by atoms with Crippen molar-refractivity contribution in [3.8, 4) is 11.6 Å². The van der Waals surface area contributed by atoms with Crippen molar-refractivity contribution in [3.05, 3.63) is 52.6 Å². The van der Waals surface area contributed by atoms with Crippen molar-refractivity contribution in [2.75, 3.05) is 13.7 Å². The molecule has 2 rings (SSSR count). The van der Waals surface area contributed by atoms with E-state index in [2.05, 4.69) is 26.2 Å². The number of aromatic nitrogens is 1. The number of benzene rings is 1. The summed E-state index contributed by atoms with van der Waals surface area (Å²) in [5.41, 5.74) is 0.955. The van der Waals surface area contributed by atoms with E-state index in [0.717, 1.165) is 15.8 Å². The van der Waals surface area contributed by atoms with Gasteiger partial charge in [0.2, 0.25) is 11.8 Å². The Balaban J connectivity index is 1.64. The normalized spacial score (nSPS) is 10.2. The van der Waals surface area contributed by atoms with E-state index in [1.54, 1.807) is 19.4 Å². The van der Waals surface area contributed by atoms with Gasteiger partial charge in [-0.05, 0) is 42.3 Å². The summed E-state index contributed by atoms with van der Waals surface area (Å²) in [6, 6.07) is 11.3. The fourth-order valence-corrected chi connectivity index (χ4v) is 2.18. The molecule has 0 radical (unpaired) electrons. The highest BCUT2D eigenvalue weighted by Crippen LogP contribution is 2.16. The van der Waals surface area contributed by atoms with Crippen molar-refractivity contribution >= 4 is 21.8 Å². The summed E-state index contributed by atoms with van der Waals surface area (Å²) < 4.78 is 11.6. The monoisotopic (exact) mass is 378 g/mol. The Morgan fingerprint density at radius 1 is 1.26 bits per heavy atom. The molecule has 5 nitrogen and oxygen atoms in total. The van der Waals surface area contributed by atoms with E-state index in [1.807, 2.05) is 30.3 Å².